The summed E-state index contributed by atoms with van der Waals surface area (Å²) >= 11 is 0. The normalized spacial score (nSPS) is 11.1. The van der Waals surface area contributed by atoms with Crippen LogP contribution in [0.2, 0.25) is 0 Å². The van der Waals surface area contributed by atoms with Gasteiger partial charge in [-0.3, -0.25) is 4.79 Å². The molecule has 0 bridgehead atoms. The SMILES string of the molecule is COc1ccccc1CNS(=O)(=O)c1ccc(NC(C)=O)c(C)c1. The second-order valence-corrected chi connectivity index (χ2v) is 7.06. The van der Waals surface area contributed by atoms with Crippen LogP contribution in [0, 0.1) is 6.92 Å². The third-order valence-corrected chi connectivity index (χ3v) is 4.86. The van der Waals surface area contributed by atoms with Gasteiger partial charge in [0.25, 0.3) is 0 Å². The number of aryl methyl sites for hydroxylation is 1. The number of rotatable bonds is 6. The fourth-order valence-electron chi connectivity index (χ4n) is 2.24. The molecular formula is C17H20N2O4S. The lowest BCUT2D eigenvalue weighted by Crippen LogP contribution is -2.23. The minimum Gasteiger partial charge on any atom is -0.496 e. The summed E-state index contributed by atoms with van der Waals surface area (Å²) in [6, 6.07) is 11.8. The lowest BCUT2D eigenvalue weighted by Gasteiger charge is -2.12. The Labute approximate surface area is 141 Å². The molecule has 0 radical (unpaired) electrons. The van der Waals surface area contributed by atoms with Crippen molar-refractivity contribution in [2.75, 3.05) is 12.4 Å². The number of methoxy groups -OCH3 is 1. The lowest BCUT2D eigenvalue weighted by molar-refractivity contribution is -0.114. The van der Waals surface area contributed by atoms with Gasteiger partial charge in [0.15, 0.2) is 0 Å². The molecule has 0 spiro atoms. The number of hydrogen-bond acceptors (Lipinski definition) is 4. The van der Waals surface area contributed by atoms with Gasteiger partial charge in [-0.25, -0.2) is 13.1 Å². The standard InChI is InChI=1S/C17H20N2O4S/c1-12-10-15(8-9-16(12)19-13(2)20)24(21,22)18-11-14-6-4-5-7-17(14)23-3/h4-10,18H,11H2,1-3H3,(H,19,20). The molecular weight excluding hydrogens is 328 g/mol. The van der Waals surface area contributed by atoms with Crippen LogP contribution in [0.5, 0.6) is 5.75 Å². The molecule has 128 valence electrons. The van der Waals surface area contributed by atoms with Gasteiger partial charge >= 0.3 is 0 Å². The summed E-state index contributed by atoms with van der Waals surface area (Å²) < 4.78 is 32.7. The van der Waals surface area contributed by atoms with Gasteiger partial charge in [0, 0.05) is 24.7 Å². The van der Waals surface area contributed by atoms with Crippen molar-refractivity contribution in [1.29, 1.82) is 0 Å². The van der Waals surface area contributed by atoms with E-state index in [4.69, 9.17) is 4.74 Å². The maximum atomic E-state index is 12.5. The van der Waals surface area contributed by atoms with Gasteiger partial charge in [0.05, 0.1) is 12.0 Å². The summed E-state index contributed by atoms with van der Waals surface area (Å²) in [5.74, 6) is 0.417. The molecule has 0 unspecified atom stereocenters. The van der Waals surface area contributed by atoms with Crippen LogP contribution < -0.4 is 14.8 Å². The molecule has 2 N–H and O–H groups in total. The number of nitrogens with one attached hydrogen (secondary N) is 2. The summed E-state index contributed by atoms with van der Waals surface area (Å²) in [6.07, 6.45) is 0. The van der Waals surface area contributed by atoms with Crippen LogP contribution in [0.15, 0.2) is 47.4 Å². The molecule has 0 aliphatic heterocycles. The van der Waals surface area contributed by atoms with Gasteiger partial charge in [0.2, 0.25) is 15.9 Å². The summed E-state index contributed by atoms with van der Waals surface area (Å²) in [5, 5.41) is 2.65. The molecule has 0 saturated carbocycles. The molecule has 0 atom stereocenters. The van der Waals surface area contributed by atoms with E-state index in [0.29, 0.717) is 17.0 Å². The van der Waals surface area contributed by atoms with E-state index in [9.17, 15) is 13.2 Å². The van der Waals surface area contributed by atoms with Crippen molar-refractivity contribution in [3.63, 3.8) is 0 Å². The minimum atomic E-state index is -3.67. The van der Waals surface area contributed by atoms with Crippen molar-refractivity contribution in [3.05, 3.63) is 53.6 Å². The van der Waals surface area contributed by atoms with Crippen molar-refractivity contribution in [3.8, 4) is 5.75 Å². The molecule has 2 rings (SSSR count). The zero-order valence-electron chi connectivity index (χ0n) is 13.8. The first-order valence-corrected chi connectivity index (χ1v) is 8.81. The van der Waals surface area contributed by atoms with E-state index in [-0.39, 0.29) is 17.3 Å². The average Bonchev–Trinajstić information content (AvgIpc) is 2.54. The van der Waals surface area contributed by atoms with E-state index in [0.717, 1.165) is 5.56 Å². The highest BCUT2D eigenvalue weighted by Crippen LogP contribution is 2.21. The van der Waals surface area contributed by atoms with Crippen LogP contribution in [0.4, 0.5) is 5.69 Å². The maximum absolute atomic E-state index is 12.5. The van der Waals surface area contributed by atoms with Crippen LogP contribution in [-0.2, 0) is 21.4 Å². The van der Waals surface area contributed by atoms with Crippen molar-refractivity contribution >= 4 is 21.6 Å². The fraction of sp³-hybridized carbons (Fsp3) is 0.235. The van der Waals surface area contributed by atoms with Crippen molar-refractivity contribution < 1.29 is 17.9 Å². The summed E-state index contributed by atoms with van der Waals surface area (Å²) in [7, 11) is -2.13. The van der Waals surface area contributed by atoms with E-state index in [1.165, 1.54) is 26.2 Å². The third kappa shape index (κ3) is 4.33. The Morgan fingerprint density at radius 2 is 1.88 bits per heavy atom. The maximum Gasteiger partial charge on any atom is 0.240 e. The van der Waals surface area contributed by atoms with Crippen LogP contribution >= 0.6 is 0 Å². The van der Waals surface area contributed by atoms with E-state index in [1.807, 2.05) is 12.1 Å². The number of para-hydroxylation sites is 1. The Balaban J connectivity index is 2.18. The molecule has 0 heterocycles. The molecule has 2 aromatic carbocycles. The van der Waals surface area contributed by atoms with E-state index in [2.05, 4.69) is 10.0 Å². The molecule has 24 heavy (non-hydrogen) atoms. The number of benzene rings is 2. The summed E-state index contributed by atoms with van der Waals surface area (Å²) in [4.78, 5) is 11.3. The van der Waals surface area contributed by atoms with Gasteiger partial charge in [-0.05, 0) is 36.8 Å². The zero-order valence-corrected chi connectivity index (χ0v) is 14.6. The Kier molecular flexibility index (Phi) is 5.58. The fourth-order valence-corrected chi connectivity index (χ4v) is 3.33. The van der Waals surface area contributed by atoms with Gasteiger partial charge < -0.3 is 10.1 Å². The smallest absolute Gasteiger partial charge is 0.240 e. The number of sulfonamides is 1. The van der Waals surface area contributed by atoms with Gasteiger partial charge in [-0.2, -0.15) is 0 Å². The second kappa shape index (κ2) is 7.46. The molecule has 0 aliphatic carbocycles. The number of ether oxygens (including phenoxy) is 1. The largest absolute Gasteiger partial charge is 0.496 e. The highest BCUT2D eigenvalue weighted by atomic mass is 32.2. The lowest BCUT2D eigenvalue weighted by atomic mass is 10.2. The van der Waals surface area contributed by atoms with E-state index >= 15 is 0 Å². The molecule has 6 nitrogen and oxygen atoms in total. The summed E-state index contributed by atoms with van der Waals surface area (Å²) in [6.45, 7) is 3.27. The van der Waals surface area contributed by atoms with Gasteiger partial charge in [0.1, 0.15) is 5.75 Å². The average molecular weight is 348 g/mol. The predicted molar refractivity (Wildman–Crippen MR) is 92.5 cm³/mol. The molecule has 7 heteroatoms. The number of carbonyl (C=O) groups excluding carboxylic acids is 1. The highest BCUT2D eigenvalue weighted by molar-refractivity contribution is 7.89. The molecule has 1 amide bonds. The highest BCUT2D eigenvalue weighted by Gasteiger charge is 2.16. The quantitative estimate of drug-likeness (QED) is 0.840. The van der Waals surface area contributed by atoms with E-state index in [1.54, 1.807) is 25.1 Å². The van der Waals surface area contributed by atoms with Crippen molar-refractivity contribution in [1.82, 2.24) is 4.72 Å². The first-order chi connectivity index (χ1) is 11.3. The Hall–Kier alpha value is -2.38. The number of amides is 1. The Morgan fingerprint density at radius 3 is 2.50 bits per heavy atom. The van der Waals surface area contributed by atoms with Crippen molar-refractivity contribution in [2.24, 2.45) is 0 Å². The molecule has 2 aromatic rings. The van der Waals surface area contributed by atoms with Crippen molar-refractivity contribution in [2.45, 2.75) is 25.3 Å². The summed E-state index contributed by atoms with van der Waals surface area (Å²) in [5.41, 5.74) is 2.01. The number of anilines is 1. The third-order valence-electron chi connectivity index (χ3n) is 3.46. The number of carbonyl (C=O) groups is 1. The topological polar surface area (TPSA) is 84.5 Å². The second-order valence-electron chi connectivity index (χ2n) is 5.29. The Morgan fingerprint density at radius 1 is 1.17 bits per heavy atom. The zero-order chi connectivity index (χ0) is 17.7. The first-order valence-electron chi connectivity index (χ1n) is 7.33. The monoisotopic (exact) mass is 348 g/mol. The van der Waals surface area contributed by atoms with Crippen LogP contribution in [0.25, 0.3) is 0 Å². The predicted octanol–water partition coefficient (Wildman–Crippen LogP) is 2.44. The molecule has 0 fully saturated rings. The first kappa shape index (κ1) is 18.0. The van der Waals surface area contributed by atoms with Gasteiger partial charge in [-0.15, -0.1) is 0 Å². The number of hydrogen-bond donors (Lipinski definition) is 2. The van der Waals surface area contributed by atoms with Crippen LogP contribution in [-0.4, -0.2) is 21.4 Å². The van der Waals surface area contributed by atoms with Gasteiger partial charge in [-0.1, -0.05) is 18.2 Å². The molecule has 0 aliphatic rings. The van der Waals surface area contributed by atoms with E-state index < -0.39 is 10.0 Å². The van der Waals surface area contributed by atoms with Crippen LogP contribution in [0.3, 0.4) is 0 Å². The molecule has 0 saturated heterocycles. The van der Waals surface area contributed by atoms with Crippen LogP contribution in [0.1, 0.15) is 18.1 Å². The molecule has 0 aromatic heterocycles. The Bertz CT molecular complexity index is 847. The minimum absolute atomic E-state index is 0.124.